The van der Waals surface area contributed by atoms with Crippen molar-refractivity contribution in [2.75, 3.05) is 13.1 Å². The van der Waals surface area contributed by atoms with Crippen LogP contribution in [-0.4, -0.2) is 23.9 Å². The van der Waals surface area contributed by atoms with Gasteiger partial charge in [0.05, 0.1) is 6.42 Å². The van der Waals surface area contributed by atoms with E-state index in [0.29, 0.717) is 6.42 Å². The number of rotatable bonds is 4. The van der Waals surface area contributed by atoms with Gasteiger partial charge in [-0.25, -0.2) is 5.84 Å². The zero-order valence-electron chi connectivity index (χ0n) is 12.4. The molecule has 4 nitrogen and oxygen atoms in total. The lowest BCUT2D eigenvalue weighted by molar-refractivity contribution is -0.120. The molecule has 110 valence electrons. The Bertz CT molecular complexity index is 444. The molecule has 2 rings (SSSR count). The number of hydrogen-bond acceptors (Lipinski definition) is 3. The monoisotopic (exact) mass is 275 g/mol. The molecule has 1 saturated heterocycles. The van der Waals surface area contributed by atoms with Crippen LogP contribution >= 0.6 is 0 Å². The quantitative estimate of drug-likeness (QED) is 0.499. The van der Waals surface area contributed by atoms with Crippen molar-refractivity contribution in [3.63, 3.8) is 0 Å². The molecule has 1 aliphatic rings. The Kier molecular flexibility index (Phi) is 5.15. The van der Waals surface area contributed by atoms with Crippen LogP contribution in [-0.2, 0) is 17.8 Å². The molecule has 0 saturated carbocycles. The Balaban J connectivity index is 1.89. The van der Waals surface area contributed by atoms with Crippen molar-refractivity contribution in [3.8, 4) is 0 Å². The lowest BCUT2D eigenvalue weighted by Gasteiger charge is -2.35. The topological polar surface area (TPSA) is 58.4 Å². The van der Waals surface area contributed by atoms with Crippen molar-refractivity contribution in [1.82, 2.24) is 10.3 Å². The molecule has 1 heterocycles. The molecule has 1 aromatic carbocycles. The molecule has 0 spiro atoms. The van der Waals surface area contributed by atoms with Gasteiger partial charge in [-0.1, -0.05) is 38.1 Å². The van der Waals surface area contributed by atoms with Crippen LogP contribution in [0.1, 0.15) is 31.4 Å². The highest BCUT2D eigenvalue weighted by Crippen LogP contribution is 2.23. The Morgan fingerprint density at radius 1 is 1.25 bits per heavy atom. The van der Waals surface area contributed by atoms with Crippen molar-refractivity contribution >= 4 is 5.91 Å². The number of nitrogens with two attached hydrogens (primary N) is 1. The number of piperidine rings is 1. The molecule has 1 aliphatic heterocycles. The standard InChI is InChI=1S/C16H25N3O/c1-12-7-8-19(10-13(12)2)11-15-5-3-14(4-6-15)9-16(20)18-17/h3-6,12-13H,7-11,17H2,1-2H3,(H,18,20). The largest absolute Gasteiger partial charge is 0.299 e. The summed E-state index contributed by atoms with van der Waals surface area (Å²) in [4.78, 5) is 13.7. The summed E-state index contributed by atoms with van der Waals surface area (Å²) in [6.07, 6.45) is 1.63. The maximum atomic E-state index is 11.2. The first-order chi connectivity index (χ1) is 9.58. The lowest BCUT2D eigenvalue weighted by Crippen LogP contribution is -2.37. The van der Waals surface area contributed by atoms with Gasteiger partial charge in [0.25, 0.3) is 0 Å². The minimum Gasteiger partial charge on any atom is -0.299 e. The molecular weight excluding hydrogens is 250 g/mol. The Labute approximate surface area is 121 Å². The molecular formula is C16H25N3O. The summed E-state index contributed by atoms with van der Waals surface area (Å²) < 4.78 is 0. The fourth-order valence-corrected chi connectivity index (χ4v) is 2.75. The molecule has 0 aliphatic carbocycles. The minimum atomic E-state index is -0.156. The maximum absolute atomic E-state index is 11.2. The zero-order valence-corrected chi connectivity index (χ0v) is 12.4. The van der Waals surface area contributed by atoms with E-state index in [4.69, 9.17) is 5.84 Å². The Hall–Kier alpha value is -1.39. The molecule has 0 aromatic heterocycles. The van der Waals surface area contributed by atoms with Crippen LogP contribution in [0.15, 0.2) is 24.3 Å². The lowest BCUT2D eigenvalue weighted by atomic mass is 9.88. The number of carbonyl (C=O) groups is 1. The SMILES string of the molecule is CC1CCN(Cc2ccc(CC(=O)NN)cc2)CC1C. The highest BCUT2D eigenvalue weighted by molar-refractivity contribution is 5.77. The van der Waals surface area contributed by atoms with Gasteiger partial charge in [-0.2, -0.15) is 0 Å². The highest BCUT2D eigenvalue weighted by Gasteiger charge is 2.22. The summed E-state index contributed by atoms with van der Waals surface area (Å²) in [5, 5.41) is 0. The predicted molar refractivity (Wildman–Crippen MR) is 80.7 cm³/mol. The molecule has 1 amide bonds. The molecule has 1 fully saturated rings. The first kappa shape index (κ1) is 15.0. The summed E-state index contributed by atoms with van der Waals surface area (Å²) in [6.45, 7) is 8.05. The maximum Gasteiger partial charge on any atom is 0.238 e. The van der Waals surface area contributed by atoms with Crippen molar-refractivity contribution in [3.05, 3.63) is 35.4 Å². The average molecular weight is 275 g/mol. The van der Waals surface area contributed by atoms with E-state index in [1.165, 1.54) is 25.1 Å². The number of likely N-dealkylation sites (tertiary alicyclic amines) is 1. The molecule has 2 unspecified atom stereocenters. The van der Waals surface area contributed by atoms with Crippen molar-refractivity contribution < 1.29 is 4.79 Å². The smallest absolute Gasteiger partial charge is 0.238 e. The van der Waals surface area contributed by atoms with E-state index in [1.807, 2.05) is 12.1 Å². The summed E-state index contributed by atoms with van der Waals surface area (Å²) in [5.41, 5.74) is 4.46. The third-order valence-electron chi connectivity index (χ3n) is 4.37. The summed E-state index contributed by atoms with van der Waals surface area (Å²) in [6, 6.07) is 8.25. The van der Waals surface area contributed by atoms with Gasteiger partial charge in [-0.05, 0) is 35.9 Å². The first-order valence-corrected chi connectivity index (χ1v) is 7.38. The van der Waals surface area contributed by atoms with Crippen LogP contribution in [0.5, 0.6) is 0 Å². The number of carbonyl (C=O) groups excluding carboxylic acids is 1. The van der Waals surface area contributed by atoms with Gasteiger partial charge >= 0.3 is 0 Å². The summed E-state index contributed by atoms with van der Waals surface area (Å²) >= 11 is 0. The molecule has 4 heteroatoms. The fraction of sp³-hybridized carbons (Fsp3) is 0.562. The molecule has 2 atom stereocenters. The Morgan fingerprint density at radius 3 is 2.50 bits per heavy atom. The van der Waals surface area contributed by atoms with Crippen molar-refractivity contribution in [2.24, 2.45) is 17.7 Å². The van der Waals surface area contributed by atoms with Gasteiger partial charge in [0.2, 0.25) is 5.91 Å². The molecule has 20 heavy (non-hydrogen) atoms. The van der Waals surface area contributed by atoms with Crippen molar-refractivity contribution in [1.29, 1.82) is 0 Å². The van der Waals surface area contributed by atoms with Gasteiger partial charge in [-0.3, -0.25) is 15.1 Å². The molecule has 0 radical (unpaired) electrons. The molecule has 3 N–H and O–H groups in total. The van der Waals surface area contributed by atoms with E-state index in [9.17, 15) is 4.79 Å². The third kappa shape index (κ3) is 4.05. The van der Waals surface area contributed by atoms with E-state index in [1.54, 1.807) is 0 Å². The minimum absolute atomic E-state index is 0.156. The number of nitrogens with one attached hydrogen (secondary N) is 1. The van der Waals surface area contributed by atoms with E-state index in [-0.39, 0.29) is 5.91 Å². The van der Waals surface area contributed by atoms with Crippen LogP contribution in [0.2, 0.25) is 0 Å². The van der Waals surface area contributed by atoms with Crippen LogP contribution in [0, 0.1) is 11.8 Å². The second kappa shape index (κ2) is 6.86. The predicted octanol–water partition coefficient (Wildman–Crippen LogP) is 1.70. The number of benzene rings is 1. The first-order valence-electron chi connectivity index (χ1n) is 7.38. The van der Waals surface area contributed by atoms with Gasteiger partial charge < -0.3 is 0 Å². The number of hydrogen-bond donors (Lipinski definition) is 2. The normalized spacial score (nSPS) is 23.6. The van der Waals surface area contributed by atoms with E-state index in [2.05, 4.69) is 36.3 Å². The average Bonchev–Trinajstić information content (AvgIpc) is 2.45. The van der Waals surface area contributed by atoms with E-state index in [0.717, 1.165) is 23.9 Å². The third-order valence-corrected chi connectivity index (χ3v) is 4.37. The zero-order chi connectivity index (χ0) is 14.5. The highest BCUT2D eigenvalue weighted by atomic mass is 16.2. The van der Waals surface area contributed by atoms with Gasteiger partial charge in [0, 0.05) is 13.1 Å². The fourth-order valence-electron chi connectivity index (χ4n) is 2.75. The van der Waals surface area contributed by atoms with E-state index < -0.39 is 0 Å². The van der Waals surface area contributed by atoms with Gasteiger partial charge in [0.1, 0.15) is 0 Å². The Morgan fingerprint density at radius 2 is 1.90 bits per heavy atom. The number of hydrazine groups is 1. The van der Waals surface area contributed by atoms with Crippen LogP contribution in [0.3, 0.4) is 0 Å². The van der Waals surface area contributed by atoms with Crippen molar-refractivity contribution in [2.45, 2.75) is 33.2 Å². The van der Waals surface area contributed by atoms with E-state index >= 15 is 0 Å². The molecule has 0 bridgehead atoms. The number of nitrogens with zero attached hydrogens (tertiary/aromatic N) is 1. The van der Waals surface area contributed by atoms with Crippen LogP contribution in [0.4, 0.5) is 0 Å². The number of amides is 1. The summed E-state index contributed by atoms with van der Waals surface area (Å²) in [7, 11) is 0. The van der Waals surface area contributed by atoms with Crippen LogP contribution < -0.4 is 11.3 Å². The van der Waals surface area contributed by atoms with Crippen LogP contribution in [0.25, 0.3) is 0 Å². The van der Waals surface area contributed by atoms with Gasteiger partial charge in [0.15, 0.2) is 0 Å². The summed E-state index contributed by atoms with van der Waals surface area (Å²) in [5.74, 6) is 6.55. The molecule has 1 aromatic rings. The second-order valence-electron chi connectivity index (χ2n) is 6.04. The second-order valence-corrected chi connectivity index (χ2v) is 6.04. The van der Waals surface area contributed by atoms with Gasteiger partial charge in [-0.15, -0.1) is 0 Å².